The van der Waals surface area contributed by atoms with Crippen molar-refractivity contribution < 1.29 is 9.59 Å². The molecular formula is C10H18N2O2. The van der Waals surface area contributed by atoms with Crippen molar-refractivity contribution in [1.29, 1.82) is 5.41 Å². The zero-order valence-electron chi connectivity index (χ0n) is 9.20. The van der Waals surface area contributed by atoms with E-state index in [1.807, 2.05) is 0 Å². The second-order valence-corrected chi connectivity index (χ2v) is 3.50. The average Bonchev–Trinajstić information content (AvgIpc) is 2.11. The maximum absolute atomic E-state index is 11.6. The van der Waals surface area contributed by atoms with Crippen LogP contribution < -0.4 is 0 Å². The fraction of sp³-hybridized carbons (Fsp3) is 0.700. The number of likely N-dealkylation sites (N-methyl/N-ethyl adjacent to an activating group) is 1. The molecule has 0 aromatic rings. The highest BCUT2D eigenvalue weighted by Gasteiger charge is 2.25. The van der Waals surface area contributed by atoms with Crippen molar-refractivity contribution in [1.82, 2.24) is 4.90 Å². The Morgan fingerprint density at radius 1 is 1.43 bits per heavy atom. The molecule has 0 aromatic heterocycles. The minimum atomic E-state index is -0.699. The van der Waals surface area contributed by atoms with Crippen LogP contribution in [-0.4, -0.2) is 35.4 Å². The summed E-state index contributed by atoms with van der Waals surface area (Å²) in [5.74, 6) is -0.399. The molecule has 0 spiro atoms. The lowest BCUT2D eigenvalue weighted by Gasteiger charge is -2.27. The first-order chi connectivity index (χ1) is 6.45. The molecule has 1 atom stereocenters. The minimum Gasteiger partial charge on any atom is -0.328 e. The van der Waals surface area contributed by atoms with Gasteiger partial charge in [0.05, 0.1) is 0 Å². The largest absolute Gasteiger partial charge is 0.328 e. The van der Waals surface area contributed by atoms with Crippen molar-refractivity contribution >= 4 is 17.9 Å². The van der Waals surface area contributed by atoms with E-state index < -0.39 is 6.04 Å². The molecule has 0 fully saturated rings. The van der Waals surface area contributed by atoms with Crippen molar-refractivity contribution in [3.63, 3.8) is 0 Å². The highest BCUT2D eigenvalue weighted by Crippen LogP contribution is 2.06. The van der Waals surface area contributed by atoms with Crippen molar-refractivity contribution in [2.24, 2.45) is 5.92 Å². The van der Waals surface area contributed by atoms with Crippen LogP contribution in [0.1, 0.15) is 27.7 Å². The quantitative estimate of drug-likeness (QED) is 0.672. The van der Waals surface area contributed by atoms with Crippen LogP contribution >= 0.6 is 0 Å². The predicted molar refractivity (Wildman–Crippen MR) is 55.5 cm³/mol. The summed E-state index contributed by atoms with van der Waals surface area (Å²) in [6.45, 7) is 7.22. The van der Waals surface area contributed by atoms with E-state index in [4.69, 9.17) is 5.41 Å². The maximum atomic E-state index is 11.6. The van der Waals surface area contributed by atoms with E-state index >= 15 is 0 Å². The van der Waals surface area contributed by atoms with E-state index in [-0.39, 0.29) is 17.6 Å². The van der Waals surface area contributed by atoms with Gasteiger partial charge in [0.2, 0.25) is 5.91 Å². The summed E-state index contributed by atoms with van der Waals surface area (Å²) in [5, 5.41) is 7.12. The minimum absolute atomic E-state index is 0.0869. The number of nitrogens with zero attached hydrogens (tertiary/aromatic N) is 1. The molecule has 0 bridgehead atoms. The molecule has 0 saturated carbocycles. The summed E-state index contributed by atoms with van der Waals surface area (Å²) in [7, 11) is 0. The van der Waals surface area contributed by atoms with Crippen molar-refractivity contribution in [2.75, 3.05) is 6.54 Å². The van der Waals surface area contributed by atoms with Gasteiger partial charge in [0.25, 0.3) is 0 Å². The van der Waals surface area contributed by atoms with Crippen LogP contribution in [0.4, 0.5) is 0 Å². The highest BCUT2D eigenvalue weighted by atomic mass is 16.2. The first-order valence-corrected chi connectivity index (χ1v) is 4.77. The van der Waals surface area contributed by atoms with Crippen LogP contribution in [0.2, 0.25) is 0 Å². The lowest BCUT2D eigenvalue weighted by Crippen LogP contribution is -2.46. The third-order valence-electron chi connectivity index (χ3n) is 2.03. The topological polar surface area (TPSA) is 61.2 Å². The van der Waals surface area contributed by atoms with E-state index in [2.05, 4.69) is 0 Å². The molecule has 1 N–H and O–H groups in total. The first kappa shape index (κ1) is 12.8. The average molecular weight is 198 g/mol. The number of amides is 1. The number of rotatable bonds is 5. The second-order valence-electron chi connectivity index (χ2n) is 3.50. The van der Waals surface area contributed by atoms with Crippen LogP contribution in [0, 0.1) is 11.3 Å². The normalized spacial score (nSPS) is 12.4. The molecule has 0 aliphatic carbocycles. The fourth-order valence-corrected chi connectivity index (χ4v) is 1.25. The maximum Gasteiger partial charge on any atom is 0.226 e. The highest BCUT2D eigenvalue weighted by molar-refractivity contribution is 6.00. The van der Waals surface area contributed by atoms with Crippen molar-refractivity contribution in [3.8, 4) is 0 Å². The number of Topliss-reactive ketones (excluding diaryl/α,β-unsaturated/α-hetero) is 1. The Hall–Kier alpha value is -1.19. The molecule has 1 amide bonds. The van der Waals surface area contributed by atoms with E-state index in [1.54, 1.807) is 20.8 Å². The van der Waals surface area contributed by atoms with E-state index in [9.17, 15) is 9.59 Å². The summed E-state index contributed by atoms with van der Waals surface area (Å²) in [6, 6.07) is -0.699. The number of ketones is 1. The molecule has 0 rings (SSSR count). The Kier molecular flexibility index (Phi) is 5.05. The van der Waals surface area contributed by atoms with Gasteiger partial charge in [0.1, 0.15) is 6.04 Å². The molecule has 80 valence electrons. The number of nitrogens with one attached hydrogen (secondary N) is 1. The third-order valence-corrected chi connectivity index (χ3v) is 2.03. The van der Waals surface area contributed by atoms with Gasteiger partial charge in [-0.25, -0.2) is 0 Å². The van der Waals surface area contributed by atoms with Gasteiger partial charge in [-0.15, -0.1) is 0 Å². The number of hydrogen-bond acceptors (Lipinski definition) is 3. The van der Waals surface area contributed by atoms with Gasteiger partial charge in [0.15, 0.2) is 5.78 Å². The summed E-state index contributed by atoms with van der Waals surface area (Å²) >= 11 is 0. The van der Waals surface area contributed by atoms with Gasteiger partial charge >= 0.3 is 0 Å². The summed E-state index contributed by atoms with van der Waals surface area (Å²) in [5.41, 5.74) is 0. The molecule has 0 heterocycles. The molecule has 4 nitrogen and oxygen atoms in total. The van der Waals surface area contributed by atoms with Crippen LogP contribution in [0.25, 0.3) is 0 Å². The van der Waals surface area contributed by atoms with E-state index in [0.29, 0.717) is 6.54 Å². The lowest BCUT2D eigenvalue weighted by molar-refractivity contribution is -0.139. The molecule has 4 heteroatoms. The molecule has 14 heavy (non-hydrogen) atoms. The van der Waals surface area contributed by atoms with Crippen LogP contribution in [-0.2, 0) is 9.59 Å². The number of carbonyl (C=O) groups is 2. The lowest BCUT2D eigenvalue weighted by atomic mass is 10.1. The summed E-state index contributed by atoms with van der Waals surface area (Å²) < 4.78 is 0. The molecule has 1 unspecified atom stereocenters. The Morgan fingerprint density at radius 3 is 2.14 bits per heavy atom. The van der Waals surface area contributed by atoms with Crippen LogP contribution in [0.5, 0.6) is 0 Å². The molecule has 0 aliphatic heterocycles. The first-order valence-electron chi connectivity index (χ1n) is 4.77. The van der Waals surface area contributed by atoms with Gasteiger partial charge in [-0.05, 0) is 13.8 Å². The summed E-state index contributed by atoms with van der Waals surface area (Å²) in [6.07, 6.45) is 1.02. The predicted octanol–water partition coefficient (Wildman–Crippen LogP) is 1.10. The Morgan fingerprint density at radius 2 is 1.93 bits per heavy atom. The molecule has 0 aliphatic rings. The molecular weight excluding hydrogens is 180 g/mol. The second kappa shape index (κ2) is 5.52. The molecule has 0 aromatic carbocycles. The SMILES string of the molecule is CCN(C(=O)C(C)C)C(C=N)C(C)=O. The monoisotopic (exact) mass is 198 g/mol. The zero-order valence-corrected chi connectivity index (χ0v) is 9.20. The van der Waals surface area contributed by atoms with Gasteiger partial charge < -0.3 is 10.3 Å². The molecule has 0 radical (unpaired) electrons. The number of carbonyl (C=O) groups excluding carboxylic acids is 2. The fourth-order valence-electron chi connectivity index (χ4n) is 1.25. The molecule has 0 saturated heterocycles. The Labute approximate surface area is 84.8 Å². The van der Waals surface area contributed by atoms with Crippen molar-refractivity contribution in [2.45, 2.75) is 33.7 Å². The Balaban J connectivity index is 4.76. The standard InChI is InChI=1S/C10H18N2O2/c1-5-12(10(14)7(2)3)9(6-11)8(4)13/h6-7,9,11H,5H2,1-4H3. The Bertz CT molecular complexity index is 236. The number of hydrogen-bond donors (Lipinski definition) is 1. The van der Waals surface area contributed by atoms with Crippen molar-refractivity contribution in [3.05, 3.63) is 0 Å². The van der Waals surface area contributed by atoms with E-state index in [0.717, 1.165) is 6.21 Å². The van der Waals surface area contributed by atoms with Gasteiger partial charge in [-0.2, -0.15) is 0 Å². The van der Waals surface area contributed by atoms with Gasteiger partial charge in [0, 0.05) is 18.7 Å². The van der Waals surface area contributed by atoms with Crippen LogP contribution in [0.15, 0.2) is 0 Å². The van der Waals surface area contributed by atoms with Gasteiger partial charge in [-0.3, -0.25) is 9.59 Å². The zero-order chi connectivity index (χ0) is 11.3. The summed E-state index contributed by atoms with van der Waals surface area (Å²) in [4.78, 5) is 24.2. The van der Waals surface area contributed by atoms with Gasteiger partial charge in [-0.1, -0.05) is 13.8 Å². The van der Waals surface area contributed by atoms with E-state index in [1.165, 1.54) is 11.8 Å². The van der Waals surface area contributed by atoms with Crippen LogP contribution in [0.3, 0.4) is 0 Å². The smallest absolute Gasteiger partial charge is 0.226 e. The third kappa shape index (κ3) is 2.94.